The molecule has 3 rings (SSSR count). The number of amides is 1. The SMILES string of the molecule is O=C(O)c1cccc(-c2ccsc2NC(=O)c2ccc(Cl)cc2Cl)c1. The van der Waals surface area contributed by atoms with E-state index in [1.807, 2.05) is 11.4 Å². The van der Waals surface area contributed by atoms with Crippen molar-refractivity contribution in [1.82, 2.24) is 0 Å². The Morgan fingerprint density at radius 3 is 2.56 bits per heavy atom. The van der Waals surface area contributed by atoms with Gasteiger partial charge in [0.2, 0.25) is 0 Å². The number of carbonyl (C=O) groups is 2. The molecule has 0 spiro atoms. The lowest BCUT2D eigenvalue weighted by atomic mass is 10.1. The van der Waals surface area contributed by atoms with Crippen LogP contribution in [0.4, 0.5) is 5.00 Å². The van der Waals surface area contributed by atoms with Gasteiger partial charge >= 0.3 is 5.97 Å². The number of anilines is 1. The Labute approximate surface area is 157 Å². The highest BCUT2D eigenvalue weighted by Gasteiger charge is 2.15. The van der Waals surface area contributed by atoms with Crippen LogP contribution < -0.4 is 5.32 Å². The molecule has 126 valence electrons. The van der Waals surface area contributed by atoms with Crippen LogP contribution in [0, 0.1) is 0 Å². The molecule has 0 aliphatic carbocycles. The first kappa shape index (κ1) is 17.5. The Morgan fingerprint density at radius 1 is 1.04 bits per heavy atom. The fraction of sp³-hybridized carbons (Fsp3) is 0. The van der Waals surface area contributed by atoms with Gasteiger partial charge in [-0.25, -0.2) is 4.79 Å². The average Bonchev–Trinajstić information content (AvgIpc) is 3.02. The number of carboxylic acid groups (broad SMARTS) is 1. The summed E-state index contributed by atoms with van der Waals surface area (Å²) in [6.07, 6.45) is 0. The van der Waals surface area contributed by atoms with Crippen LogP contribution in [0.25, 0.3) is 11.1 Å². The van der Waals surface area contributed by atoms with Crippen molar-refractivity contribution < 1.29 is 14.7 Å². The van der Waals surface area contributed by atoms with E-state index in [2.05, 4.69) is 5.32 Å². The summed E-state index contributed by atoms with van der Waals surface area (Å²) in [7, 11) is 0. The van der Waals surface area contributed by atoms with Crippen molar-refractivity contribution in [3.05, 3.63) is 75.1 Å². The molecule has 0 aliphatic rings. The number of rotatable bonds is 4. The van der Waals surface area contributed by atoms with E-state index in [-0.39, 0.29) is 16.5 Å². The lowest BCUT2D eigenvalue weighted by molar-refractivity contribution is 0.0696. The second-order valence-electron chi connectivity index (χ2n) is 5.13. The maximum absolute atomic E-state index is 12.5. The van der Waals surface area contributed by atoms with E-state index in [0.29, 0.717) is 21.2 Å². The Balaban J connectivity index is 1.91. The molecule has 0 fully saturated rings. The Kier molecular flexibility index (Phi) is 5.08. The monoisotopic (exact) mass is 391 g/mol. The van der Waals surface area contributed by atoms with Crippen molar-refractivity contribution in [3.8, 4) is 11.1 Å². The minimum atomic E-state index is -1.00. The third-order valence-corrected chi connectivity index (χ3v) is 4.87. The van der Waals surface area contributed by atoms with Gasteiger partial charge in [0, 0.05) is 10.6 Å². The van der Waals surface area contributed by atoms with Crippen LogP contribution in [0.5, 0.6) is 0 Å². The number of carbonyl (C=O) groups excluding carboxylic acids is 1. The fourth-order valence-electron chi connectivity index (χ4n) is 2.30. The normalized spacial score (nSPS) is 10.5. The maximum atomic E-state index is 12.5. The quantitative estimate of drug-likeness (QED) is 0.601. The molecule has 0 saturated carbocycles. The number of nitrogens with one attached hydrogen (secondary N) is 1. The van der Waals surface area contributed by atoms with Crippen LogP contribution in [0.15, 0.2) is 53.9 Å². The highest BCUT2D eigenvalue weighted by molar-refractivity contribution is 7.15. The molecule has 0 unspecified atom stereocenters. The second-order valence-corrected chi connectivity index (χ2v) is 6.89. The molecule has 0 aliphatic heterocycles. The van der Waals surface area contributed by atoms with Gasteiger partial charge in [0.1, 0.15) is 5.00 Å². The first-order valence-electron chi connectivity index (χ1n) is 7.13. The van der Waals surface area contributed by atoms with Gasteiger partial charge in [-0.2, -0.15) is 0 Å². The average molecular weight is 392 g/mol. The van der Waals surface area contributed by atoms with Crippen molar-refractivity contribution in [2.45, 2.75) is 0 Å². The van der Waals surface area contributed by atoms with Gasteiger partial charge in [-0.05, 0) is 47.3 Å². The van der Waals surface area contributed by atoms with Crippen LogP contribution in [0.3, 0.4) is 0 Å². The summed E-state index contributed by atoms with van der Waals surface area (Å²) in [5.41, 5.74) is 1.94. The second kappa shape index (κ2) is 7.27. The molecule has 2 N–H and O–H groups in total. The van der Waals surface area contributed by atoms with Gasteiger partial charge in [-0.15, -0.1) is 11.3 Å². The molecule has 0 saturated heterocycles. The van der Waals surface area contributed by atoms with E-state index >= 15 is 0 Å². The summed E-state index contributed by atoms with van der Waals surface area (Å²) in [6, 6.07) is 13.0. The van der Waals surface area contributed by atoms with E-state index in [9.17, 15) is 9.59 Å². The van der Waals surface area contributed by atoms with Gasteiger partial charge in [0.15, 0.2) is 0 Å². The minimum Gasteiger partial charge on any atom is -0.478 e. The maximum Gasteiger partial charge on any atom is 0.335 e. The summed E-state index contributed by atoms with van der Waals surface area (Å²) in [4.78, 5) is 23.6. The number of halogens is 2. The van der Waals surface area contributed by atoms with E-state index < -0.39 is 5.97 Å². The van der Waals surface area contributed by atoms with Crippen LogP contribution in [-0.4, -0.2) is 17.0 Å². The van der Waals surface area contributed by atoms with Crippen molar-refractivity contribution in [3.63, 3.8) is 0 Å². The van der Waals surface area contributed by atoms with Crippen molar-refractivity contribution in [2.75, 3.05) is 5.32 Å². The van der Waals surface area contributed by atoms with Crippen molar-refractivity contribution >= 4 is 51.4 Å². The van der Waals surface area contributed by atoms with E-state index in [0.717, 1.165) is 5.56 Å². The number of hydrogen-bond acceptors (Lipinski definition) is 3. The van der Waals surface area contributed by atoms with Crippen LogP contribution in [0.2, 0.25) is 10.0 Å². The third-order valence-electron chi connectivity index (χ3n) is 3.49. The number of aromatic carboxylic acids is 1. The molecule has 1 heterocycles. The molecule has 0 atom stereocenters. The summed E-state index contributed by atoms with van der Waals surface area (Å²) < 4.78 is 0. The molecule has 2 aromatic carbocycles. The van der Waals surface area contributed by atoms with E-state index in [4.69, 9.17) is 28.3 Å². The van der Waals surface area contributed by atoms with Crippen molar-refractivity contribution in [1.29, 1.82) is 0 Å². The minimum absolute atomic E-state index is 0.182. The highest BCUT2D eigenvalue weighted by Crippen LogP contribution is 2.34. The van der Waals surface area contributed by atoms with E-state index in [1.54, 1.807) is 30.3 Å². The molecule has 1 aromatic heterocycles. The molecule has 0 radical (unpaired) electrons. The molecular formula is C18H11Cl2NO3S. The molecule has 1 amide bonds. The van der Waals surface area contributed by atoms with Gasteiger partial charge in [-0.3, -0.25) is 4.79 Å². The predicted molar refractivity (Wildman–Crippen MR) is 101 cm³/mol. The highest BCUT2D eigenvalue weighted by atomic mass is 35.5. The van der Waals surface area contributed by atoms with Crippen LogP contribution >= 0.6 is 34.5 Å². The lowest BCUT2D eigenvalue weighted by Crippen LogP contribution is -2.12. The smallest absolute Gasteiger partial charge is 0.335 e. The molecule has 4 nitrogen and oxygen atoms in total. The summed E-state index contributed by atoms with van der Waals surface area (Å²) in [5.74, 6) is -1.37. The van der Waals surface area contributed by atoms with Gasteiger partial charge < -0.3 is 10.4 Å². The van der Waals surface area contributed by atoms with E-state index in [1.165, 1.54) is 23.5 Å². The summed E-state index contributed by atoms with van der Waals surface area (Å²) in [6.45, 7) is 0. The Bertz CT molecular complexity index is 968. The fourth-order valence-corrected chi connectivity index (χ4v) is 3.60. The lowest BCUT2D eigenvalue weighted by Gasteiger charge is -2.09. The van der Waals surface area contributed by atoms with Crippen molar-refractivity contribution in [2.24, 2.45) is 0 Å². The number of hydrogen-bond donors (Lipinski definition) is 2. The molecule has 3 aromatic rings. The molecule has 0 bridgehead atoms. The van der Waals surface area contributed by atoms with Gasteiger partial charge in [-0.1, -0.05) is 35.3 Å². The third kappa shape index (κ3) is 3.85. The zero-order chi connectivity index (χ0) is 18.0. The van der Waals surface area contributed by atoms with Gasteiger partial charge in [0.05, 0.1) is 16.1 Å². The standard InChI is InChI=1S/C18H11Cl2NO3S/c19-12-4-5-14(15(20)9-12)16(22)21-17-13(6-7-25-17)10-2-1-3-11(8-10)18(23)24/h1-9H,(H,21,22)(H,23,24). The summed E-state index contributed by atoms with van der Waals surface area (Å²) in [5, 5.41) is 15.1. The zero-order valence-corrected chi connectivity index (χ0v) is 15.0. The molecule has 7 heteroatoms. The number of benzene rings is 2. The topological polar surface area (TPSA) is 66.4 Å². The zero-order valence-electron chi connectivity index (χ0n) is 12.6. The van der Waals surface area contributed by atoms with Gasteiger partial charge in [0.25, 0.3) is 5.91 Å². The first-order chi connectivity index (χ1) is 12.0. The predicted octanol–water partition coefficient (Wildman–Crippen LogP) is 5.67. The van der Waals surface area contributed by atoms with Crippen LogP contribution in [-0.2, 0) is 0 Å². The number of carboxylic acids is 1. The summed E-state index contributed by atoms with van der Waals surface area (Å²) >= 11 is 13.3. The molecular weight excluding hydrogens is 381 g/mol. The molecule has 25 heavy (non-hydrogen) atoms. The Morgan fingerprint density at radius 2 is 1.84 bits per heavy atom. The van der Waals surface area contributed by atoms with Crippen LogP contribution in [0.1, 0.15) is 20.7 Å². The first-order valence-corrected chi connectivity index (χ1v) is 8.77. The Hall–Kier alpha value is -2.34. The number of thiophene rings is 1. The largest absolute Gasteiger partial charge is 0.478 e.